The van der Waals surface area contributed by atoms with Gasteiger partial charge in [0.1, 0.15) is 5.75 Å². The molecule has 1 aromatic carbocycles. The standard InChI is InChI=1S/C11H15N3O4.ClH/c1-6(2)10(12)11(16)13-8-5-7(14(17)18)3-4-9(8)15;/h3-6,10,15H,12H2,1-2H3,(H,13,16);1H. The Morgan fingerprint density at radius 2 is 2.05 bits per heavy atom. The number of amides is 1. The van der Waals surface area contributed by atoms with Crippen LogP contribution in [0.4, 0.5) is 11.4 Å². The van der Waals surface area contributed by atoms with Crippen molar-refractivity contribution in [3.05, 3.63) is 28.3 Å². The number of halogens is 1. The average molecular weight is 290 g/mol. The summed E-state index contributed by atoms with van der Waals surface area (Å²) in [5, 5.41) is 22.5. The zero-order chi connectivity index (χ0) is 13.9. The van der Waals surface area contributed by atoms with Gasteiger partial charge in [0.15, 0.2) is 0 Å². The molecule has 0 aromatic heterocycles. The molecule has 1 amide bonds. The van der Waals surface area contributed by atoms with Gasteiger partial charge in [-0.2, -0.15) is 0 Å². The number of benzene rings is 1. The molecule has 1 rings (SSSR count). The Balaban J connectivity index is 0.00000324. The highest BCUT2D eigenvalue weighted by atomic mass is 35.5. The number of anilines is 1. The summed E-state index contributed by atoms with van der Waals surface area (Å²) in [6.07, 6.45) is 0. The number of nitro groups is 1. The molecular formula is C11H16ClN3O4. The first-order valence-corrected chi connectivity index (χ1v) is 5.36. The summed E-state index contributed by atoms with van der Waals surface area (Å²) >= 11 is 0. The Kier molecular flexibility index (Phi) is 6.23. The molecule has 0 saturated carbocycles. The first kappa shape index (κ1) is 17.1. The second-order valence-electron chi connectivity index (χ2n) is 4.22. The number of nitro benzene ring substituents is 1. The van der Waals surface area contributed by atoms with E-state index >= 15 is 0 Å². The second-order valence-corrected chi connectivity index (χ2v) is 4.22. The van der Waals surface area contributed by atoms with Crippen LogP contribution in [0.2, 0.25) is 0 Å². The van der Waals surface area contributed by atoms with Gasteiger partial charge in [-0.1, -0.05) is 13.8 Å². The molecule has 0 spiro atoms. The van der Waals surface area contributed by atoms with Crippen molar-refractivity contribution in [1.29, 1.82) is 0 Å². The van der Waals surface area contributed by atoms with Crippen LogP contribution in [0, 0.1) is 16.0 Å². The van der Waals surface area contributed by atoms with Gasteiger partial charge in [-0.05, 0) is 12.0 Å². The third-order valence-corrected chi connectivity index (χ3v) is 2.47. The van der Waals surface area contributed by atoms with Crippen LogP contribution < -0.4 is 11.1 Å². The van der Waals surface area contributed by atoms with Crippen LogP contribution >= 0.6 is 12.4 Å². The number of rotatable bonds is 4. The van der Waals surface area contributed by atoms with Gasteiger partial charge in [0.25, 0.3) is 5.69 Å². The minimum absolute atomic E-state index is 0. The summed E-state index contributed by atoms with van der Waals surface area (Å²) in [5.74, 6) is -0.823. The van der Waals surface area contributed by atoms with Crippen molar-refractivity contribution in [2.75, 3.05) is 5.32 Å². The van der Waals surface area contributed by atoms with Crippen LogP contribution in [0.5, 0.6) is 5.75 Å². The molecular weight excluding hydrogens is 274 g/mol. The van der Waals surface area contributed by atoms with Gasteiger partial charge < -0.3 is 16.2 Å². The lowest BCUT2D eigenvalue weighted by molar-refractivity contribution is -0.384. The number of hydrogen-bond donors (Lipinski definition) is 3. The number of phenolic OH excluding ortho intramolecular Hbond substituents is 1. The molecule has 0 heterocycles. The van der Waals surface area contributed by atoms with E-state index in [1.54, 1.807) is 13.8 Å². The number of non-ortho nitro benzene ring substituents is 1. The van der Waals surface area contributed by atoms with Crippen LogP contribution in [0.3, 0.4) is 0 Å². The average Bonchev–Trinajstić information content (AvgIpc) is 2.30. The molecule has 0 radical (unpaired) electrons. The van der Waals surface area contributed by atoms with Crippen molar-refractivity contribution in [1.82, 2.24) is 0 Å². The molecule has 19 heavy (non-hydrogen) atoms. The van der Waals surface area contributed by atoms with Crippen molar-refractivity contribution < 1.29 is 14.8 Å². The van der Waals surface area contributed by atoms with Gasteiger partial charge in [-0.15, -0.1) is 12.4 Å². The molecule has 0 aliphatic rings. The number of hydrogen-bond acceptors (Lipinski definition) is 5. The molecule has 1 aromatic rings. The summed E-state index contributed by atoms with van der Waals surface area (Å²) in [7, 11) is 0. The summed E-state index contributed by atoms with van der Waals surface area (Å²) in [4.78, 5) is 21.6. The molecule has 0 saturated heterocycles. The largest absolute Gasteiger partial charge is 0.506 e. The molecule has 0 fully saturated rings. The van der Waals surface area contributed by atoms with E-state index in [4.69, 9.17) is 5.73 Å². The van der Waals surface area contributed by atoms with E-state index < -0.39 is 16.9 Å². The van der Waals surface area contributed by atoms with Gasteiger partial charge >= 0.3 is 0 Å². The van der Waals surface area contributed by atoms with Crippen molar-refractivity contribution in [2.45, 2.75) is 19.9 Å². The number of nitrogens with two attached hydrogens (primary N) is 1. The van der Waals surface area contributed by atoms with Crippen LogP contribution in [0.15, 0.2) is 18.2 Å². The zero-order valence-electron chi connectivity index (χ0n) is 10.5. The SMILES string of the molecule is CC(C)C(N)C(=O)Nc1cc([N+](=O)[O-])ccc1O.Cl. The highest BCUT2D eigenvalue weighted by Gasteiger charge is 2.19. The lowest BCUT2D eigenvalue weighted by Gasteiger charge is -2.15. The summed E-state index contributed by atoms with van der Waals surface area (Å²) in [5.41, 5.74) is 5.38. The zero-order valence-corrected chi connectivity index (χ0v) is 11.3. The van der Waals surface area contributed by atoms with Crippen LogP contribution in [0.25, 0.3) is 0 Å². The minimum Gasteiger partial charge on any atom is -0.506 e. The monoisotopic (exact) mass is 289 g/mol. The number of carbonyl (C=O) groups is 1. The van der Waals surface area contributed by atoms with Crippen LogP contribution in [0.1, 0.15) is 13.8 Å². The van der Waals surface area contributed by atoms with E-state index in [-0.39, 0.29) is 35.4 Å². The first-order valence-electron chi connectivity index (χ1n) is 5.36. The molecule has 4 N–H and O–H groups in total. The fourth-order valence-electron chi connectivity index (χ4n) is 1.26. The highest BCUT2D eigenvalue weighted by molar-refractivity contribution is 5.96. The predicted octanol–water partition coefficient (Wildman–Crippen LogP) is 1.64. The number of carbonyl (C=O) groups excluding carboxylic acids is 1. The predicted molar refractivity (Wildman–Crippen MR) is 73.5 cm³/mol. The molecule has 0 aliphatic heterocycles. The van der Waals surface area contributed by atoms with Gasteiger partial charge in [-0.3, -0.25) is 14.9 Å². The third kappa shape index (κ3) is 4.38. The summed E-state index contributed by atoms with van der Waals surface area (Å²) in [6, 6.07) is 2.63. The lowest BCUT2D eigenvalue weighted by atomic mass is 10.0. The Morgan fingerprint density at radius 3 is 2.53 bits per heavy atom. The van der Waals surface area contributed by atoms with E-state index in [0.29, 0.717) is 0 Å². The van der Waals surface area contributed by atoms with Crippen LogP contribution in [-0.4, -0.2) is 22.0 Å². The van der Waals surface area contributed by atoms with Crippen molar-refractivity contribution >= 4 is 29.7 Å². The van der Waals surface area contributed by atoms with Gasteiger partial charge in [0.05, 0.1) is 16.7 Å². The number of phenols is 1. The van der Waals surface area contributed by atoms with E-state index in [1.165, 1.54) is 0 Å². The van der Waals surface area contributed by atoms with E-state index in [9.17, 15) is 20.0 Å². The number of nitrogens with one attached hydrogen (secondary N) is 1. The Morgan fingerprint density at radius 1 is 1.47 bits per heavy atom. The van der Waals surface area contributed by atoms with Gasteiger partial charge in [-0.25, -0.2) is 0 Å². The highest BCUT2D eigenvalue weighted by Crippen LogP contribution is 2.27. The number of nitrogens with zero attached hydrogens (tertiary/aromatic N) is 1. The normalized spacial score (nSPS) is 11.6. The fourth-order valence-corrected chi connectivity index (χ4v) is 1.26. The summed E-state index contributed by atoms with van der Waals surface area (Å²) < 4.78 is 0. The van der Waals surface area contributed by atoms with Crippen molar-refractivity contribution in [3.8, 4) is 5.75 Å². The fraction of sp³-hybridized carbons (Fsp3) is 0.364. The minimum atomic E-state index is -0.747. The quantitative estimate of drug-likeness (QED) is 0.442. The third-order valence-electron chi connectivity index (χ3n) is 2.47. The van der Waals surface area contributed by atoms with E-state index in [1.807, 2.05) is 0 Å². The maximum atomic E-state index is 11.7. The van der Waals surface area contributed by atoms with Crippen molar-refractivity contribution in [2.24, 2.45) is 11.7 Å². The smallest absolute Gasteiger partial charge is 0.271 e. The second kappa shape index (κ2) is 6.91. The molecule has 1 atom stereocenters. The Labute approximate surface area is 116 Å². The topological polar surface area (TPSA) is 118 Å². The Hall–Kier alpha value is -1.86. The molecule has 1 unspecified atom stereocenters. The van der Waals surface area contributed by atoms with Crippen molar-refractivity contribution in [3.63, 3.8) is 0 Å². The van der Waals surface area contributed by atoms with Crippen LogP contribution in [-0.2, 0) is 4.79 Å². The van der Waals surface area contributed by atoms with Gasteiger partial charge in [0, 0.05) is 12.1 Å². The molecule has 0 aliphatic carbocycles. The van der Waals surface area contributed by atoms with E-state index in [0.717, 1.165) is 18.2 Å². The lowest BCUT2D eigenvalue weighted by Crippen LogP contribution is -2.39. The maximum absolute atomic E-state index is 11.7. The summed E-state index contributed by atoms with van der Waals surface area (Å²) in [6.45, 7) is 3.55. The molecule has 8 heteroatoms. The first-order chi connectivity index (χ1) is 8.32. The molecule has 106 valence electrons. The molecule has 0 bridgehead atoms. The van der Waals surface area contributed by atoms with Gasteiger partial charge in [0.2, 0.25) is 5.91 Å². The molecule has 7 nitrogen and oxygen atoms in total. The maximum Gasteiger partial charge on any atom is 0.271 e. The number of aromatic hydroxyl groups is 1. The Bertz CT molecular complexity index is 479. The van der Waals surface area contributed by atoms with E-state index in [2.05, 4.69) is 5.32 Å².